The highest BCUT2D eigenvalue weighted by Crippen LogP contribution is 2.27. The van der Waals surface area contributed by atoms with Gasteiger partial charge < -0.3 is 10.4 Å². The number of hydrogen-bond acceptors (Lipinski definition) is 4. The van der Waals surface area contributed by atoms with E-state index in [1.807, 2.05) is 6.07 Å². The van der Waals surface area contributed by atoms with Crippen LogP contribution in [-0.2, 0) is 4.79 Å². The molecule has 0 aromatic heterocycles. The van der Waals surface area contributed by atoms with E-state index in [1.165, 1.54) is 11.8 Å². The minimum absolute atomic E-state index is 0.155. The molecule has 2 aromatic carbocycles. The van der Waals surface area contributed by atoms with Crippen LogP contribution in [0.25, 0.3) is 0 Å². The van der Waals surface area contributed by atoms with Gasteiger partial charge in [-0.3, -0.25) is 4.79 Å². The van der Waals surface area contributed by atoms with Crippen LogP contribution in [0.4, 0.5) is 5.69 Å². The minimum atomic E-state index is -0.221. The van der Waals surface area contributed by atoms with Crippen LogP contribution in [0.1, 0.15) is 5.56 Å². The van der Waals surface area contributed by atoms with Crippen LogP contribution in [0.15, 0.2) is 53.4 Å². The number of rotatable bonds is 4. The topological polar surface area (TPSA) is 73.1 Å². The van der Waals surface area contributed by atoms with Gasteiger partial charge in [0.15, 0.2) is 0 Å². The largest absolute Gasteiger partial charge is 0.507 e. The van der Waals surface area contributed by atoms with E-state index in [0.717, 1.165) is 0 Å². The molecular weight excluding hydrogens is 272 g/mol. The van der Waals surface area contributed by atoms with Crippen molar-refractivity contribution in [2.75, 3.05) is 11.1 Å². The summed E-state index contributed by atoms with van der Waals surface area (Å²) in [4.78, 5) is 12.5. The summed E-state index contributed by atoms with van der Waals surface area (Å²) >= 11 is 1.24. The summed E-state index contributed by atoms with van der Waals surface area (Å²) in [7, 11) is 0. The molecule has 0 fully saturated rings. The Morgan fingerprint density at radius 1 is 1.20 bits per heavy atom. The maximum atomic E-state index is 11.8. The Kier molecular flexibility index (Phi) is 4.64. The number of para-hydroxylation sites is 2. The van der Waals surface area contributed by atoms with Crippen LogP contribution in [-0.4, -0.2) is 16.8 Å². The van der Waals surface area contributed by atoms with Crippen molar-refractivity contribution < 1.29 is 9.90 Å². The number of nitrogens with zero attached hydrogens (tertiary/aromatic N) is 1. The highest BCUT2D eigenvalue weighted by Gasteiger charge is 2.08. The van der Waals surface area contributed by atoms with Gasteiger partial charge in [-0.2, -0.15) is 5.26 Å². The van der Waals surface area contributed by atoms with Crippen molar-refractivity contribution in [2.24, 2.45) is 0 Å². The first-order valence-corrected chi connectivity index (χ1v) is 6.89. The number of carbonyl (C=O) groups is 1. The van der Waals surface area contributed by atoms with Gasteiger partial charge in [0, 0.05) is 4.90 Å². The molecule has 0 aliphatic carbocycles. The van der Waals surface area contributed by atoms with Crippen molar-refractivity contribution in [1.29, 1.82) is 5.26 Å². The van der Waals surface area contributed by atoms with Crippen molar-refractivity contribution >= 4 is 23.4 Å². The fourth-order valence-corrected chi connectivity index (χ4v) is 2.35. The minimum Gasteiger partial charge on any atom is -0.507 e. The molecule has 4 nitrogen and oxygen atoms in total. The van der Waals surface area contributed by atoms with Gasteiger partial charge in [-0.05, 0) is 24.3 Å². The summed E-state index contributed by atoms with van der Waals surface area (Å²) in [5.41, 5.74) is 0.922. The van der Waals surface area contributed by atoms with Gasteiger partial charge in [-0.15, -0.1) is 11.8 Å². The maximum absolute atomic E-state index is 11.8. The van der Waals surface area contributed by atoms with Crippen molar-refractivity contribution in [2.45, 2.75) is 4.90 Å². The van der Waals surface area contributed by atoms with E-state index in [2.05, 4.69) is 5.32 Å². The fourth-order valence-electron chi connectivity index (χ4n) is 1.60. The highest BCUT2D eigenvalue weighted by molar-refractivity contribution is 8.00. The molecule has 0 saturated carbocycles. The van der Waals surface area contributed by atoms with Gasteiger partial charge >= 0.3 is 0 Å². The fraction of sp³-hybridized carbons (Fsp3) is 0.0667. The molecule has 0 saturated heterocycles. The van der Waals surface area contributed by atoms with Crippen molar-refractivity contribution in [3.8, 4) is 11.8 Å². The SMILES string of the molecule is N#Cc1ccccc1NC(=O)CSc1ccccc1O. The predicted molar refractivity (Wildman–Crippen MR) is 78.6 cm³/mol. The van der Waals surface area contributed by atoms with E-state index < -0.39 is 0 Å². The summed E-state index contributed by atoms with van der Waals surface area (Å²) in [6.07, 6.45) is 0. The third-order valence-electron chi connectivity index (χ3n) is 2.55. The average molecular weight is 284 g/mol. The lowest BCUT2D eigenvalue weighted by molar-refractivity contribution is -0.113. The van der Waals surface area contributed by atoms with Crippen LogP contribution >= 0.6 is 11.8 Å². The van der Waals surface area contributed by atoms with Gasteiger partial charge in [-0.25, -0.2) is 0 Å². The normalized spacial score (nSPS) is 9.75. The quantitative estimate of drug-likeness (QED) is 0.846. The molecule has 0 spiro atoms. The molecule has 2 aromatic rings. The maximum Gasteiger partial charge on any atom is 0.234 e. The third-order valence-corrected chi connectivity index (χ3v) is 3.61. The second kappa shape index (κ2) is 6.64. The Morgan fingerprint density at radius 2 is 1.90 bits per heavy atom. The summed E-state index contributed by atoms with van der Waals surface area (Å²) in [5, 5.41) is 21.2. The van der Waals surface area contributed by atoms with E-state index in [4.69, 9.17) is 5.26 Å². The van der Waals surface area contributed by atoms with E-state index in [-0.39, 0.29) is 17.4 Å². The first-order valence-electron chi connectivity index (χ1n) is 5.90. The van der Waals surface area contributed by atoms with E-state index in [9.17, 15) is 9.90 Å². The van der Waals surface area contributed by atoms with E-state index in [1.54, 1.807) is 48.5 Å². The summed E-state index contributed by atoms with van der Waals surface area (Å²) < 4.78 is 0. The van der Waals surface area contributed by atoms with Crippen LogP contribution < -0.4 is 5.32 Å². The molecule has 20 heavy (non-hydrogen) atoms. The molecule has 0 aliphatic rings. The molecule has 0 aliphatic heterocycles. The number of phenolic OH excluding ortho intramolecular Hbond substituents is 1. The van der Waals surface area contributed by atoms with Gasteiger partial charge in [0.05, 0.1) is 17.0 Å². The molecule has 1 amide bonds. The Morgan fingerprint density at radius 3 is 2.65 bits per heavy atom. The smallest absolute Gasteiger partial charge is 0.234 e. The number of benzene rings is 2. The van der Waals surface area contributed by atoms with Gasteiger partial charge in [0.25, 0.3) is 0 Å². The third kappa shape index (κ3) is 3.53. The lowest BCUT2D eigenvalue weighted by Gasteiger charge is -2.07. The standard InChI is InChI=1S/C15H12N2O2S/c16-9-11-5-1-2-6-12(11)17-15(19)10-20-14-8-4-3-7-13(14)18/h1-8,18H,10H2,(H,17,19). The van der Waals surface area contributed by atoms with Crippen molar-refractivity contribution in [3.63, 3.8) is 0 Å². The number of hydrogen-bond donors (Lipinski definition) is 2. The Hall–Kier alpha value is -2.45. The molecule has 2 rings (SSSR count). The first-order chi connectivity index (χ1) is 9.70. The second-order valence-corrected chi connectivity index (χ2v) is 4.98. The van der Waals surface area contributed by atoms with Crippen molar-refractivity contribution in [3.05, 3.63) is 54.1 Å². The number of phenols is 1. The zero-order chi connectivity index (χ0) is 14.4. The molecule has 0 atom stereocenters. The molecule has 0 radical (unpaired) electrons. The number of carbonyl (C=O) groups excluding carboxylic acids is 1. The number of anilines is 1. The van der Waals surface area contributed by atoms with Crippen LogP contribution in [0.5, 0.6) is 5.75 Å². The Bertz CT molecular complexity index is 665. The Labute approximate surface area is 121 Å². The van der Waals surface area contributed by atoms with Crippen LogP contribution in [0, 0.1) is 11.3 Å². The monoisotopic (exact) mass is 284 g/mol. The number of nitrogens with one attached hydrogen (secondary N) is 1. The molecule has 2 N–H and O–H groups in total. The first kappa shape index (κ1) is 14.0. The molecule has 0 bridgehead atoms. The van der Waals surface area contributed by atoms with E-state index >= 15 is 0 Å². The van der Waals surface area contributed by atoms with Gasteiger partial charge in [0.2, 0.25) is 5.91 Å². The summed E-state index contributed by atoms with van der Waals surface area (Å²) in [5.74, 6) is 0.0980. The van der Waals surface area contributed by atoms with Crippen LogP contribution in [0.2, 0.25) is 0 Å². The lowest BCUT2D eigenvalue weighted by atomic mass is 10.2. The van der Waals surface area contributed by atoms with Gasteiger partial charge in [-0.1, -0.05) is 24.3 Å². The molecular formula is C15H12N2O2S. The van der Waals surface area contributed by atoms with Crippen LogP contribution in [0.3, 0.4) is 0 Å². The Balaban J connectivity index is 1.97. The zero-order valence-electron chi connectivity index (χ0n) is 10.5. The number of thioether (sulfide) groups is 1. The summed E-state index contributed by atoms with van der Waals surface area (Å²) in [6, 6.07) is 15.7. The highest BCUT2D eigenvalue weighted by atomic mass is 32.2. The number of amides is 1. The van der Waals surface area contributed by atoms with Crippen molar-refractivity contribution in [1.82, 2.24) is 0 Å². The lowest BCUT2D eigenvalue weighted by Crippen LogP contribution is -2.14. The average Bonchev–Trinajstić information content (AvgIpc) is 2.47. The second-order valence-electron chi connectivity index (χ2n) is 3.96. The molecule has 5 heteroatoms. The number of aromatic hydroxyl groups is 1. The molecule has 100 valence electrons. The molecule has 0 heterocycles. The predicted octanol–water partition coefficient (Wildman–Crippen LogP) is 2.99. The number of nitriles is 1. The van der Waals surface area contributed by atoms with Gasteiger partial charge in [0.1, 0.15) is 11.8 Å². The summed E-state index contributed by atoms with van der Waals surface area (Å²) in [6.45, 7) is 0. The van der Waals surface area contributed by atoms with E-state index in [0.29, 0.717) is 16.1 Å². The molecule has 0 unspecified atom stereocenters. The zero-order valence-corrected chi connectivity index (χ0v) is 11.4.